The fourth-order valence-electron chi connectivity index (χ4n) is 1.76. The van der Waals surface area contributed by atoms with E-state index < -0.39 is 0 Å². The molecule has 0 atom stereocenters. The molecule has 0 aliphatic carbocycles. The molecule has 6 nitrogen and oxygen atoms in total. The molecule has 112 valence electrons. The van der Waals surface area contributed by atoms with Gasteiger partial charge in [-0.15, -0.1) is 0 Å². The molecule has 0 saturated carbocycles. The monoisotopic (exact) mass is 289 g/mol. The van der Waals surface area contributed by atoms with Crippen molar-refractivity contribution in [2.24, 2.45) is 0 Å². The zero-order valence-electron chi connectivity index (χ0n) is 12.6. The molecule has 0 bridgehead atoms. The minimum atomic E-state index is -0.287. The number of methoxy groups -OCH3 is 1. The number of nitrogens with one attached hydrogen (secondary N) is 1. The molecule has 2 aromatic rings. The molecular formula is C15H19N3O3. The van der Waals surface area contributed by atoms with Crippen molar-refractivity contribution in [2.45, 2.75) is 33.2 Å². The quantitative estimate of drug-likeness (QED) is 0.914. The third-order valence-corrected chi connectivity index (χ3v) is 2.98. The van der Waals surface area contributed by atoms with E-state index in [0.717, 1.165) is 5.69 Å². The summed E-state index contributed by atoms with van der Waals surface area (Å²) in [4.78, 5) is 20.5. The summed E-state index contributed by atoms with van der Waals surface area (Å²) in [6.45, 7) is 6.01. The summed E-state index contributed by atoms with van der Waals surface area (Å²) in [6.07, 6.45) is 1.61. The van der Waals surface area contributed by atoms with Crippen LogP contribution in [0.1, 0.15) is 47.6 Å². The van der Waals surface area contributed by atoms with Gasteiger partial charge in [0.1, 0.15) is 5.75 Å². The number of carbonyl (C=O) groups excluding carboxylic acids is 1. The lowest BCUT2D eigenvalue weighted by Crippen LogP contribution is -2.23. The highest BCUT2D eigenvalue weighted by atomic mass is 16.5. The molecule has 0 aliphatic rings. The summed E-state index contributed by atoms with van der Waals surface area (Å²) in [5.74, 6) is 1.36. The summed E-state index contributed by atoms with van der Waals surface area (Å²) in [6, 6.07) is 3.59. The number of oxazole rings is 1. The summed E-state index contributed by atoms with van der Waals surface area (Å²) in [5, 5.41) is 2.77. The van der Waals surface area contributed by atoms with Crippen molar-refractivity contribution in [1.29, 1.82) is 0 Å². The average molecular weight is 289 g/mol. The van der Waals surface area contributed by atoms with Gasteiger partial charge in [0.05, 0.1) is 31.2 Å². The van der Waals surface area contributed by atoms with E-state index in [9.17, 15) is 4.79 Å². The van der Waals surface area contributed by atoms with Crippen LogP contribution in [0, 0.1) is 6.92 Å². The standard InChI is InChI=1S/C15H19N3O3/c1-9(2)15-18-10(3)13(21-15)14(19)17-7-11-5-6-12(20-4)8-16-11/h5-6,8-9H,7H2,1-4H3,(H,17,19). The number of hydrogen-bond donors (Lipinski definition) is 1. The van der Waals surface area contributed by atoms with Gasteiger partial charge in [0.2, 0.25) is 5.76 Å². The van der Waals surface area contributed by atoms with Crippen LogP contribution in [-0.2, 0) is 6.54 Å². The van der Waals surface area contributed by atoms with Gasteiger partial charge in [0.15, 0.2) is 5.89 Å². The maximum Gasteiger partial charge on any atom is 0.289 e. The van der Waals surface area contributed by atoms with Crippen molar-refractivity contribution in [3.8, 4) is 5.75 Å². The lowest BCUT2D eigenvalue weighted by Gasteiger charge is -2.04. The Labute approximate surface area is 123 Å². The predicted octanol–water partition coefficient (Wildman–Crippen LogP) is 2.44. The van der Waals surface area contributed by atoms with Crippen LogP contribution in [0.25, 0.3) is 0 Å². The highest BCUT2D eigenvalue weighted by Gasteiger charge is 2.18. The molecule has 0 fully saturated rings. The van der Waals surface area contributed by atoms with Crippen LogP contribution in [0.5, 0.6) is 5.75 Å². The van der Waals surface area contributed by atoms with Crippen LogP contribution >= 0.6 is 0 Å². The number of carbonyl (C=O) groups is 1. The second-order valence-corrected chi connectivity index (χ2v) is 4.99. The molecule has 0 aromatic carbocycles. The van der Waals surface area contributed by atoms with E-state index in [1.807, 2.05) is 13.8 Å². The zero-order chi connectivity index (χ0) is 15.4. The fourth-order valence-corrected chi connectivity index (χ4v) is 1.76. The van der Waals surface area contributed by atoms with E-state index in [-0.39, 0.29) is 17.6 Å². The summed E-state index contributed by atoms with van der Waals surface area (Å²) >= 11 is 0. The number of aryl methyl sites for hydroxylation is 1. The number of rotatable bonds is 5. The largest absolute Gasteiger partial charge is 0.495 e. The normalized spacial score (nSPS) is 10.7. The van der Waals surface area contributed by atoms with Crippen molar-refractivity contribution >= 4 is 5.91 Å². The topological polar surface area (TPSA) is 77.2 Å². The molecular weight excluding hydrogens is 270 g/mol. The molecule has 2 aromatic heterocycles. The van der Waals surface area contributed by atoms with Gasteiger partial charge in [-0.05, 0) is 19.1 Å². The van der Waals surface area contributed by atoms with Crippen LogP contribution in [0.15, 0.2) is 22.7 Å². The maximum absolute atomic E-state index is 12.1. The SMILES string of the molecule is COc1ccc(CNC(=O)c2oc(C(C)C)nc2C)nc1. The second kappa shape index (κ2) is 6.39. The summed E-state index contributed by atoms with van der Waals surface area (Å²) < 4.78 is 10.5. The lowest BCUT2D eigenvalue weighted by molar-refractivity contribution is 0.0919. The average Bonchev–Trinajstić information content (AvgIpc) is 2.87. The van der Waals surface area contributed by atoms with Gasteiger partial charge >= 0.3 is 0 Å². The highest BCUT2D eigenvalue weighted by Crippen LogP contribution is 2.17. The summed E-state index contributed by atoms with van der Waals surface area (Å²) in [7, 11) is 1.58. The number of amides is 1. The van der Waals surface area contributed by atoms with Crippen molar-refractivity contribution in [3.05, 3.63) is 41.4 Å². The van der Waals surface area contributed by atoms with Crippen molar-refractivity contribution in [2.75, 3.05) is 7.11 Å². The Kier molecular flexibility index (Phi) is 4.57. The van der Waals surface area contributed by atoms with Gasteiger partial charge in [-0.2, -0.15) is 0 Å². The number of hydrogen-bond acceptors (Lipinski definition) is 5. The van der Waals surface area contributed by atoms with Gasteiger partial charge < -0.3 is 14.5 Å². The van der Waals surface area contributed by atoms with E-state index in [4.69, 9.17) is 9.15 Å². The molecule has 6 heteroatoms. The Morgan fingerprint density at radius 3 is 2.71 bits per heavy atom. The van der Waals surface area contributed by atoms with Gasteiger partial charge in [0.25, 0.3) is 5.91 Å². The molecule has 1 N–H and O–H groups in total. The third kappa shape index (κ3) is 3.59. The Hall–Kier alpha value is -2.37. The Morgan fingerprint density at radius 2 is 2.19 bits per heavy atom. The van der Waals surface area contributed by atoms with E-state index in [1.165, 1.54) is 0 Å². The van der Waals surface area contributed by atoms with Gasteiger partial charge in [-0.25, -0.2) is 4.98 Å². The van der Waals surface area contributed by atoms with Crippen molar-refractivity contribution < 1.29 is 13.9 Å². The zero-order valence-corrected chi connectivity index (χ0v) is 12.6. The molecule has 2 rings (SSSR count). The predicted molar refractivity (Wildman–Crippen MR) is 77.3 cm³/mol. The van der Waals surface area contributed by atoms with Crippen molar-refractivity contribution in [1.82, 2.24) is 15.3 Å². The van der Waals surface area contributed by atoms with Crippen LogP contribution in [0.3, 0.4) is 0 Å². The Morgan fingerprint density at radius 1 is 1.43 bits per heavy atom. The molecule has 0 radical (unpaired) electrons. The van der Waals surface area contributed by atoms with Gasteiger partial charge in [-0.3, -0.25) is 9.78 Å². The molecule has 0 unspecified atom stereocenters. The molecule has 0 aliphatic heterocycles. The number of nitrogens with zero attached hydrogens (tertiary/aromatic N) is 2. The van der Waals surface area contributed by atoms with E-state index in [0.29, 0.717) is 23.9 Å². The van der Waals surface area contributed by atoms with Crippen LogP contribution in [0.4, 0.5) is 0 Å². The molecule has 0 spiro atoms. The first-order valence-corrected chi connectivity index (χ1v) is 6.75. The van der Waals surface area contributed by atoms with Crippen LogP contribution in [-0.4, -0.2) is 23.0 Å². The highest BCUT2D eigenvalue weighted by molar-refractivity contribution is 5.92. The number of ether oxygens (including phenoxy) is 1. The van der Waals surface area contributed by atoms with Crippen molar-refractivity contribution in [3.63, 3.8) is 0 Å². The van der Waals surface area contributed by atoms with Crippen LogP contribution < -0.4 is 10.1 Å². The molecule has 2 heterocycles. The first kappa shape index (κ1) is 15.0. The summed E-state index contributed by atoms with van der Waals surface area (Å²) in [5.41, 5.74) is 1.34. The minimum absolute atomic E-state index is 0.147. The third-order valence-electron chi connectivity index (χ3n) is 2.98. The number of aromatic nitrogens is 2. The molecule has 0 saturated heterocycles. The lowest BCUT2D eigenvalue weighted by atomic mass is 10.2. The maximum atomic E-state index is 12.1. The van der Waals surface area contributed by atoms with Gasteiger partial charge in [-0.1, -0.05) is 13.8 Å². The number of pyridine rings is 1. The molecule has 1 amide bonds. The van der Waals surface area contributed by atoms with E-state index in [1.54, 1.807) is 32.4 Å². The van der Waals surface area contributed by atoms with E-state index in [2.05, 4.69) is 15.3 Å². The van der Waals surface area contributed by atoms with Gasteiger partial charge in [0, 0.05) is 5.92 Å². The first-order valence-electron chi connectivity index (χ1n) is 6.75. The Balaban J connectivity index is 2.01. The second-order valence-electron chi connectivity index (χ2n) is 4.99. The van der Waals surface area contributed by atoms with Crippen LogP contribution in [0.2, 0.25) is 0 Å². The first-order chi connectivity index (χ1) is 10.0. The smallest absolute Gasteiger partial charge is 0.289 e. The minimum Gasteiger partial charge on any atom is -0.495 e. The van der Waals surface area contributed by atoms with E-state index >= 15 is 0 Å². The molecule has 21 heavy (non-hydrogen) atoms. The Bertz CT molecular complexity index is 618. The fraction of sp³-hybridized carbons (Fsp3) is 0.400.